The number of rotatable bonds is 0. The van der Waals surface area contributed by atoms with Gasteiger partial charge >= 0.3 is 0 Å². The maximum atomic E-state index is 3.82. The quantitative estimate of drug-likeness (QED) is 0.529. The van der Waals surface area contributed by atoms with Crippen molar-refractivity contribution < 1.29 is 0 Å². The zero-order valence-electron chi connectivity index (χ0n) is 15.1. The van der Waals surface area contributed by atoms with E-state index in [1.807, 2.05) is 0 Å². The number of anilines is 1. The topological polar surface area (TPSA) is 12.0 Å². The number of fused-ring (bicyclic) bond motifs is 5. The molecule has 0 fully saturated rings. The highest BCUT2D eigenvalue weighted by Crippen LogP contribution is 2.54. The van der Waals surface area contributed by atoms with E-state index in [-0.39, 0.29) is 5.41 Å². The van der Waals surface area contributed by atoms with Crippen molar-refractivity contribution in [2.75, 3.05) is 5.32 Å². The second kappa shape index (κ2) is 4.67. The molecule has 126 valence electrons. The van der Waals surface area contributed by atoms with Crippen molar-refractivity contribution in [2.45, 2.75) is 31.2 Å². The molecule has 0 spiro atoms. The molecule has 1 nitrogen and oxygen atoms in total. The Balaban J connectivity index is 1.62. The summed E-state index contributed by atoms with van der Waals surface area (Å²) in [7, 11) is 0. The molecule has 1 aliphatic heterocycles. The Hall–Kier alpha value is -2.80. The van der Waals surface area contributed by atoms with Crippen LogP contribution in [0.4, 0.5) is 5.69 Å². The summed E-state index contributed by atoms with van der Waals surface area (Å²) in [5.41, 5.74) is 8.55. The first-order valence-corrected chi connectivity index (χ1v) is 9.47. The molecule has 0 saturated heterocycles. The fourth-order valence-electron chi connectivity index (χ4n) is 5.30. The summed E-state index contributed by atoms with van der Waals surface area (Å²) in [6.45, 7) is 4.71. The fourth-order valence-corrected chi connectivity index (χ4v) is 5.30. The minimum absolute atomic E-state index is 0.0675. The van der Waals surface area contributed by atoms with Crippen LogP contribution in [0.3, 0.4) is 0 Å². The lowest BCUT2D eigenvalue weighted by Crippen LogP contribution is -2.32. The number of nitrogens with one attached hydrogen (secondary N) is 1. The van der Waals surface area contributed by atoms with Gasteiger partial charge in [-0.2, -0.15) is 0 Å². The predicted octanol–water partition coefficient (Wildman–Crippen LogP) is 6.03. The maximum Gasteiger partial charge on any atom is 0.0554 e. The molecule has 1 heterocycles. The van der Waals surface area contributed by atoms with Crippen LogP contribution >= 0.6 is 0 Å². The number of hydrogen-bond donors (Lipinski definition) is 1. The molecule has 2 atom stereocenters. The van der Waals surface area contributed by atoms with Crippen LogP contribution in [0.5, 0.6) is 0 Å². The van der Waals surface area contributed by atoms with Crippen LogP contribution in [0.2, 0.25) is 0 Å². The van der Waals surface area contributed by atoms with Gasteiger partial charge in [0.25, 0.3) is 0 Å². The second-order valence-corrected chi connectivity index (χ2v) is 8.28. The van der Waals surface area contributed by atoms with Gasteiger partial charge in [-0.1, -0.05) is 80.6 Å². The van der Waals surface area contributed by atoms with E-state index in [1.54, 1.807) is 0 Å². The van der Waals surface area contributed by atoms with Crippen molar-refractivity contribution in [2.24, 2.45) is 0 Å². The summed E-state index contributed by atoms with van der Waals surface area (Å²) < 4.78 is 0. The molecule has 3 aromatic carbocycles. The lowest BCUT2D eigenvalue weighted by atomic mass is 9.74. The summed E-state index contributed by atoms with van der Waals surface area (Å²) in [6, 6.07) is 22.6. The summed E-state index contributed by atoms with van der Waals surface area (Å²) in [5.74, 6) is 0.384. The third-order valence-electron chi connectivity index (χ3n) is 6.55. The highest BCUT2D eigenvalue weighted by Gasteiger charge is 2.42. The number of benzene rings is 3. The van der Waals surface area contributed by atoms with Crippen molar-refractivity contribution in [3.63, 3.8) is 0 Å². The third kappa shape index (κ3) is 1.66. The SMILES string of the molecule is CC1(C)C2=CC3Nc4cccc5cccc(c45)C3C=C2c2ccccc21. The first-order valence-electron chi connectivity index (χ1n) is 9.47. The Morgan fingerprint density at radius 2 is 1.65 bits per heavy atom. The molecule has 0 radical (unpaired) electrons. The van der Waals surface area contributed by atoms with Gasteiger partial charge in [-0.25, -0.2) is 0 Å². The van der Waals surface area contributed by atoms with Crippen LogP contribution < -0.4 is 5.32 Å². The van der Waals surface area contributed by atoms with Gasteiger partial charge in [0.1, 0.15) is 0 Å². The van der Waals surface area contributed by atoms with Gasteiger partial charge < -0.3 is 5.32 Å². The van der Waals surface area contributed by atoms with Crippen molar-refractivity contribution in [3.05, 3.63) is 95.1 Å². The van der Waals surface area contributed by atoms with Crippen LogP contribution in [0.15, 0.2) is 78.4 Å². The van der Waals surface area contributed by atoms with E-state index in [4.69, 9.17) is 0 Å². The van der Waals surface area contributed by atoms with E-state index in [9.17, 15) is 0 Å². The summed E-state index contributed by atoms with van der Waals surface area (Å²) in [4.78, 5) is 0. The van der Waals surface area contributed by atoms with Crippen LogP contribution in [-0.4, -0.2) is 6.04 Å². The molecule has 26 heavy (non-hydrogen) atoms. The van der Waals surface area contributed by atoms with E-state index < -0.39 is 0 Å². The van der Waals surface area contributed by atoms with E-state index >= 15 is 0 Å². The van der Waals surface area contributed by atoms with Crippen LogP contribution in [-0.2, 0) is 5.41 Å². The lowest BCUT2D eigenvalue weighted by Gasteiger charge is -2.37. The first kappa shape index (κ1) is 14.4. The molecule has 2 unspecified atom stereocenters. The smallest absolute Gasteiger partial charge is 0.0554 e. The third-order valence-corrected chi connectivity index (χ3v) is 6.55. The molecule has 6 rings (SSSR count). The zero-order valence-corrected chi connectivity index (χ0v) is 15.1. The predicted molar refractivity (Wildman–Crippen MR) is 110 cm³/mol. The molecule has 1 heteroatoms. The van der Waals surface area contributed by atoms with Gasteiger partial charge in [0, 0.05) is 22.4 Å². The molecule has 2 aliphatic carbocycles. The molecule has 1 N–H and O–H groups in total. The average Bonchev–Trinajstić information content (AvgIpc) is 2.89. The van der Waals surface area contributed by atoms with Gasteiger partial charge in [0.2, 0.25) is 0 Å². The first-order chi connectivity index (χ1) is 12.6. The number of hydrogen-bond acceptors (Lipinski definition) is 1. The summed E-state index contributed by atoms with van der Waals surface area (Å²) in [6.07, 6.45) is 5.01. The molecule has 0 bridgehead atoms. The van der Waals surface area contributed by atoms with Crippen molar-refractivity contribution in [1.82, 2.24) is 0 Å². The lowest BCUT2D eigenvalue weighted by molar-refractivity contribution is 0.641. The standard InChI is InChI=1S/C25H21N/c1-25(2)20-11-4-3-9-16(20)18-13-19-17-10-5-7-15-8-6-12-22(24(15)17)26-23(19)14-21(18)25/h3-14,19,23,26H,1-2H3. The highest BCUT2D eigenvalue weighted by atomic mass is 14.9. The van der Waals surface area contributed by atoms with Crippen LogP contribution in [0.25, 0.3) is 16.3 Å². The molecule has 0 amide bonds. The highest BCUT2D eigenvalue weighted by molar-refractivity contribution is 6.00. The minimum Gasteiger partial charge on any atom is -0.377 e. The molecule has 3 aliphatic rings. The van der Waals surface area contributed by atoms with E-state index in [0.29, 0.717) is 12.0 Å². The van der Waals surface area contributed by atoms with E-state index in [1.165, 1.54) is 44.3 Å². The summed E-state index contributed by atoms with van der Waals surface area (Å²) in [5, 5.41) is 6.53. The summed E-state index contributed by atoms with van der Waals surface area (Å²) >= 11 is 0. The second-order valence-electron chi connectivity index (χ2n) is 8.28. The largest absolute Gasteiger partial charge is 0.377 e. The Labute approximate surface area is 154 Å². The van der Waals surface area contributed by atoms with Gasteiger partial charge in [-0.05, 0) is 39.3 Å². The molecule has 3 aromatic rings. The average molecular weight is 335 g/mol. The normalized spacial score (nSPS) is 24.1. The molecular weight excluding hydrogens is 314 g/mol. The van der Waals surface area contributed by atoms with Crippen molar-refractivity contribution in [1.29, 1.82) is 0 Å². The Kier molecular flexibility index (Phi) is 2.59. The van der Waals surface area contributed by atoms with E-state index in [0.717, 1.165) is 0 Å². The van der Waals surface area contributed by atoms with Crippen LogP contribution in [0, 0.1) is 0 Å². The van der Waals surface area contributed by atoms with E-state index in [2.05, 4.69) is 92.0 Å². The monoisotopic (exact) mass is 335 g/mol. The van der Waals surface area contributed by atoms with Crippen molar-refractivity contribution in [3.8, 4) is 0 Å². The Morgan fingerprint density at radius 3 is 2.54 bits per heavy atom. The Morgan fingerprint density at radius 1 is 0.846 bits per heavy atom. The minimum atomic E-state index is 0.0675. The maximum absolute atomic E-state index is 3.82. The molecular formula is C25H21N. The fraction of sp³-hybridized carbons (Fsp3) is 0.200. The van der Waals surface area contributed by atoms with Gasteiger partial charge in [-0.3, -0.25) is 0 Å². The van der Waals surface area contributed by atoms with Gasteiger partial charge in [0.15, 0.2) is 0 Å². The van der Waals surface area contributed by atoms with Gasteiger partial charge in [-0.15, -0.1) is 0 Å². The molecule has 0 saturated carbocycles. The van der Waals surface area contributed by atoms with Crippen molar-refractivity contribution >= 4 is 22.0 Å². The number of allylic oxidation sites excluding steroid dienone is 2. The Bertz CT molecular complexity index is 1140. The van der Waals surface area contributed by atoms with Crippen LogP contribution in [0.1, 0.15) is 36.5 Å². The zero-order chi connectivity index (χ0) is 17.5. The molecule has 0 aromatic heterocycles. The van der Waals surface area contributed by atoms with Gasteiger partial charge in [0.05, 0.1) is 6.04 Å².